The number of hydrogen-bond acceptors (Lipinski definition) is 4. The molecular formula is C13H13ClN2O3S2. The Kier molecular flexibility index (Phi) is 5.00. The maximum atomic E-state index is 11.9. The molecule has 2 N–H and O–H groups in total. The van der Waals surface area contributed by atoms with Crippen molar-refractivity contribution in [2.45, 2.75) is 11.1 Å². The number of benzene rings is 1. The van der Waals surface area contributed by atoms with Gasteiger partial charge in [-0.3, -0.25) is 4.79 Å². The zero-order valence-electron chi connectivity index (χ0n) is 11.1. The minimum absolute atomic E-state index is 0.0793. The van der Waals surface area contributed by atoms with Gasteiger partial charge in [-0.1, -0.05) is 29.3 Å². The zero-order valence-corrected chi connectivity index (χ0v) is 13.5. The predicted molar refractivity (Wildman–Crippen MR) is 84.3 cm³/mol. The van der Waals surface area contributed by atoms with Crippen LogP contribution in [0.2, 0.25) is 4.34 Å². The monoisotopic (exact) mass is 344 g/mol. The lowest BCUT2D eigenvalue weighted by molar-refractivity contribution is -0.115. The van der Waals surface area contributed by atoms with E-state index in [-0.39, 0.29) is 10.8 Å². The van der Waals surface area contributed by atoms with Gasteiger partial charge in [0.1, 0.15) is 4.21 Å². The molecule has 0 aliphatic rings. The van der Waals surface area contributed by atoms with Crippen molar-refractivity contribution in [3.8, 4) is 0 Å². The van der Waals surface area contributed by atoms with Crippen LogP contribution < -0.4 is 10.0 Å². The topological polar surface area (TPSA) is 75.3 Å². The molecule has 8 heteroatoms. The molecule has 21 heavy (non-hydrogen) atoms. The fraction of sp³-hybridized carbons (Fsp3) is 0.154. The largest absolute Gasteiger partial charge is 0.325 e. The third-order valence-electron chi connectivity index (χ3n) is 2.57. The van der Waals surface area contributed by atoms with Crippen molar-refractivity contribution in [3.63, 3.8) is 0 Å². The first-order valence-corrected chi connectivity index (χ1v) is 8.66. The summed E-state index contributed by atoms with van der Waals surface area (Å²) < 4.78 is 26.5. The number of rotatable bonds is 5. The summed E-state index contributed by atoms with van der Waals surface area (Å²) in [5.41, 5.74) is 1.69. The van der Waals surface area contributed by atoms with E-state index in [1.807, 2.05) is 19.1 Å². The highest BCUT2D eigenvalue weighted by molar-refractivity contribution is 7.91. The molecular weight excluding hydrogens is 332 g/mol. The molecule has 0 radical (unpaired) electrons. The van der Waals surface area contributed by atoms with E-state index in [1.165, 1.54) is 12.1 Å². The molecule has 2 aromatic rings. The van der Waals surface area contributed by atoms with E-state index in [0.717, 1.165) is 16.9 Å². The molecule has 0 bridgehead atoms. The molecule has 1 heterocycles. The fourth-order valence-corrected chi connectivity index (χ4v) is 4.03. The normalized spacial score (nSPS) is 11.3. The summed E-state index contributed by atoms with van der Waals surface area (Å²) in [6, 6.07) is 10.1. The molecule has 2 rings (SSSR count). The van der Waals surface area contributed by atoms with Gasteiger partial charge in [-0.2, -0.15) is 0 Å². The Labute approximate surface area is 132 Å². The van der Waals surface area contributed by atoms with Gasteiger partial charge in [0.25, 0.3) is 10.0 Å². The number of thiophene rings is 1. The Morgan fingerprint density at radius 3 is 2.43 bits per heavy atom. The molecule has 0 unspecified atom stereocenters. The number of halogens is 1. The number of amides is 1. The van der Waals surface area contributed by atoms with Crippen LogP contribution in [0.25, 0.3) is 0 Å². The first-order valence-electron chi connectivity index (χ1n) is 5.98. The lowest BCUT2D eigenvalue weighted by Crippen LogP contribution is -2.32. The summed E-state index contributed by atoms with van der Waals surface area (Å²) >= 11 is 6.63. The van der Waals surface area contributed by atoms with Crippen molar-refractivity contribution in [3.05, 3.63) is 46.3 Å². The van der Waals surface area contributed by atoms with Crippen LogP contribution in [0.3, 0.4) is 0 Å². The highest BCUT2D eigenvalue weighted by Gasteiger charge is 2.17. The van der Waals surface area contributed by atoms with Crippen LogP contribution in [-0.2, 0) is 14.8 Å². The molecule has 5 nitrogen and oxygen atoms in total. The third kappa shape index (κ3) is 4.53. The lowest BCUT2D eigenvalue weighted by Gasteiger charge is -2.07. The minimum Gasteiger partial charge on any atom is -0.325 e. The number of anilines is 1. The van der Waals surface area contributed by atoms with Crippen LogP contribution in [0, 0.1) is 6.92 Å². The molecule has 1 aromatic carbocycles. The average molecular weight is 345 g/mol. The molecule has 0 aliphatic heterocycles. The van der Waals surface area contributed by atoms with Crippen LogP contribution in [0.15, 0.2) is 40.6 Å². The maximum absolute atomic E-state index is 11.9. The van der Waals surface area contributed by atoms with Gasteiger partial charge in [-0.05, 0) is 31.2 Å². The standard InChI is InChI=1S/C13H13ClN2O3S2/c1-9-2-4-10(5-3-9)16-12(17)8-15-21(18,19)13-7-6-11(14)20-13/h2-7,15H,8H2,1H3,(H,16,17). The highest BCUT2D eigenvalue weighted by atomic mass is 35.5. The Hall–Kier alpha value is -1.41. The van der Waals surface area contributed by atoms with Gasteiger partial charge in [0.2, 0.25) is 5.91 Å². The summed E-state index contributed by atoms with van der Waals surface area (Å²) in [5.74, 6) is -0.440. The molecule has 0 saturated heterocycles. The smallest absolute Gasteiger partial charge is 0.250 e. The van der Waals surface area contributed by atoms with E-state index in [2.05, 4.69) is 10.0 Å². The zero-order chi connectivity index (χ0) is 15.5. The quantitative estimate of drug-likeness (QED) is 0.875. The van der Waals surface area contributed by atoms with Crippen molar-refractivity contribution < 1.29 is 13.2 Å². The Balaban J connectivity index is 1.93. The number of sulfonamides is 1. The van der Waals surface area contributed by atoms with E-state index >= 15 is 0 Å². The van der Waals surface area contributed by atoms with Crippen LogP contribution in [0.4, 0.5) is 5.69 Å². The summed E-state index contributed by atoms with van der Waals surface area (Å²) in [5, 5.41) is 2.61. The molecule has 0 aliphatic carbocycles. The van der Waals surface area contributed by atoms with E-state index in [0.29, 0.717) is 10.0 Å². The number of carbonyl (C=O) groups excluding carboxylic acids is 1. The van der Waals surface area contributed by atoms with Gasteiger partial charge < -0.3 is 5.32 Å². The highest BCUT2D eigenvalue weighted by Crippen LogP contribution is 2.25. The Bertz CT molecular complexity index is 739. The van der Waals surface area contributed by atoms with Crippen molar-refractivity contribution in [1.82, 2.24) is 4.72 Å². The third-order valence-corrected chi connectivity index (χ3v) is 5.70. The molecule has 1 aromatic heterocycles. The lowest BCUT2D eigenvalue weighted by atomic mass is 10.2. The Morgan fingerprint density at radius 2 is 1.86 bits per heavy atom. The second kappa shape index (κ2) is 6.57. The van der Waals surface area contributed by atoms with Crippen LogP contribution in [0.5, 0.6) is 0 Å². The second-order valence-corrected chi connectivity index (χ2v) is 8.01. The summed E-state index contributed by atoms with van der Waals surface area (Å²) in [4.78, 5) is 11.7. The number of carbonyl (C=O) groups is 1. The predicted octanol–water partition coefficient (Wildman–Crippen LogP) is 2.63. The van der Waals surface area contributed by atoms with Gasteiger partial charge in [0.05, 0.1) is 10.9 Å². The van der Waals surface area contributed by atoms with Gasteiger partial charge in [-0.25, -0.2) is 13.1 Å². The molecule has 0 atom stereocenters. The maximum Gasteiger partial charge on any atom is 0.250 e. The van der Waals surface area contributed by atoms with Crippen LogP contribution >= 0.6 is 22.9 Å². The van der Waals surface area contributed by atoms with E-state index in [4.69, 9.17) is 11.6 Å². The van der Waals surface area contributed by atoms with E-state index in [1.54, 1.807) is 12.1 Å². The Morgan fingerprint density at radius 1 is 1.19 bits per heavy atom. The van der Waals surface area contributed by atoms with Crippen molar-refractivity contribution in [1.29, 1.82) is 0 Å². The number of aryl methyl sites for hydroxylation is 1. The minimum atomic E-state index is -3.71. The summed E-state index contributed by atoms with van der Waals surface area (Å²) in [6.07, 6.45) is 0. The SMILES string of the molecule is Cc1ccc(NC(=O)CNS(=O)(=O)c2ccc(Cl)s2)cc1. The molecule has 0 spiro atoms. The summed E-state index contributed by atoms with van der Waals surface area (Å²) in [6.45, 7) is 1.59. The van der Waals surface area contributed by atoms with Crippen molar-refractivity contribution in [2.24, 2.45) is 0 Å². The molecule has 1 amide bonds. The van der Waals surface area contributed by atoms with Crippen LogP contribution in [-0.4, -0.2) is 20.9 Å². The molecule has 112 valence electrons. The van der Waals surface area contributed by atoms with Gasteiger partial charge >= 0.3 is 0 Å². The summed E-state index contributed by atoms with van der Waals surface area (Å²) in [7, 11) is -3.71. The van der Waals surface area contributed by atoms with E-state index in [9.17, 15) is 13.2 Å². The second-order valence-electron chi connectivity index (χ2n) is 4.30. The van der Waals surface area contributed by atoms with Gasteiger partial charge in [0, 0.05) is 5.69 Å². The molecule has 0 fully saturated rings. The number of nitrogens with one attached hydrogen (secondary N) is 2. The van der Waals surface area contributed by atoms with Gasteiger partial charge in [-0.15, -0.1) is 11.3 Å². The fourth-order valence-electron chi connectivity index (χ4n) is 1.52. The van der Waals surface area contributed by atoms with Crippen LogP contribution in [0.1, 0.15) is 5.56 Å². The first kappa shape index (κ1) is 16.0. The van der Waals surface area contributed by atoms with E-state index < -0.39 is 15.9 Å². The average Bonchev–Trinajstić information content (AvgIpc) is 2.87. The van der Waals surface area contributed by atoms with Crippen molar-refractivity contribution in [2.75, 3.05) is 11.9 Å². The first-order chi connectivity index (χ1) is 9.87. The van der Waals surface area contributed by atoms with Crippen molar-refractivity contribution >= 4 is 44.6 Å². The molecule has 0 saturated carbocycles. The van der Waals surface area contributed by atoms with Gasteiger partial charge in [0.15, 0.2) is 0 Å². The number of hydrogen-bond donors (Lipinski definition) is 2.